The Kier molecular flexibility index (Phi) is 3.65. The second-order valence-electron chi connectivity index (χ2n) is 5.75. The first-order chi connectivity index (χ1) is 11.3. The van der Waals surface area contributed by atoms with Crippen LogP contribution in [-0.4, -0.2) is 19.5 Å². The number of rotatable bonds is 3. The van der Waals surface area contributed by atoms with E-state index in [0.717, 1.165) is 29.9 Å². The number of hydrogen-bond acceptors (Lipinski definition) is 5. The second kappa shape index (κ2) is 5.81. The Labute approximate surface area is 142 Å². The topological polar surface area (TPSA) is 78.9 Å². The summed E-state index contributed by atoms with van der Waals surface area (Å²) in [5.74, 6) is 1.42. The van der Waals surface area contributed by atoms with Crippen LogP contribution in [0.4, 0.5) is 5.95 Å². The summed E-state index contributed by atoms with van der Waals surface area (Å²) in [5, 5.41) is 0. The Morgan fingerprint density at radius 3 is 2.52 bits per heavy atom. The van der Waals surface area contributed by atoms with Crippen molar-refractivity contribution in [2.45, 2.75) is 31.7 Å². The number of nitrogen functional groups attached to an aromatic ring is 1. The summed E-state index contributed by atoms with van der Waals surface area (Å²) >= 11 is 2.99. The number of aromatic nitrogens is 4. The van der Waals surface area contributed by atoms with Gasteiger partial charge in [-0.15, -0.1) is 0 Å². The highest BCUT2D eigenvalue weighted by Gasteiger charge is 2.26. The van der Waals surface area contributed by atoms with E-state index >= 15 is 0 Å². The van der Waals surface area contributed by atoms with Gasteiger partial charge in [-0.2, -0.15) is 9.97 Å². The van der Waals surface area contributed by atoms with Gasteiger partial charge >= 0.3 is 0 Å². The molecule has 0 atom stereocenters. The highest BCUT2D eigenvalue weighted by Crippen LogP contribution is 2.38. The maximum atomic E-state index is 5.85. The number of imidazole rings is 1. The van der Waals surface area contributed by atoms with Crippen LogP contribution in [0.2, 0.25) is 0 Å². The lowest BCUT2D eigenvalue weighted by Gasteiger charge is -2.15. The predicted octanol–water partition coefficient (Wildman–Crippen LogP) is 3.88. The lowest BCUT2D eigenvalue weighted by atomic mass is 10.2. The van der Waals surface area contributed by atoms with E-state index in [0.29, 0.717) is 17.4 Å². The molecule has 118 valence electrons. The summed E-state index contributed by atoms with van der Waals surface area (Å²) in [6, 6.07) is 10.5. The van der Waals surface area contributed by atoms with Crippen LogP contribution in [0.1, 0.15) is 31.7 Å². The molecule has 1 aliphatic carbocycles. The number of hydrogen-bond donors (Lipinski definition) is 1. The highest BCUT2D eigenvalue weighted by molar-refractivity contribution is 9.06. The fraction of sp³-hybridized carbons (Fsp3) is 0.312. The van der Waals surface area contributed by atoms with Crippen molar-refractivity contribution in [1.29, 1.82) is 0 Å². The molecule has 1 aromatic carbocycles. The van der Waals surface area contributed by atoms with Crippen molar-refractivity contribution in [3.8, 4) is 17.3 Å². The summed E-state index contributed by atoms with van der Waals surface area (Å²) in [7, 11) is 0. The number of nitrogens with zero attached hydrogens (tertiary/aromatic N) is 4. The van der Waals surface area contributed by atoms with E-state index in [2.05, 4.69) is 42.9 Å². The van der Waals surface area contributed by atoms with Crippen molar-refractivity contribution in [2.75, 3.05) is 5.73 Å². The number of anilines is 1. The van der Waals surface area contributed by atoms with Crippen molar-refractivity contribution in [3.05, 3.63) is 30.3 Å². The van der Waals surface area contributed by atoms with Crippen LogP contribution >= 0.6 is 16.3 Å². The van der Waals surface area contributed by atoms with Gasteiger partial charge in [0.2, 0.25) is 5.95 Å². The van der Waals surface area contributed by atoms with E-state index in [-0.39, 0.29) is 5.95 Å². The maximum absolute atomic E-state index is 5.85. The number of benzene rings is 1. The van der Waals surface area contributed by atoms with Crippen molar-refractivity contribution >= 4 is 33.4 Å². The monoisotopic (exact) mass is 373 g/mol. The molecule has 23 heavy (non-hydrogen) atoms. The molecule has 0 bridgehead atoms. The zero-order valence-electron chi connectivity index (χ0n) is 12.4. The average Bonchev–Trinajstić information content (AvgIpc) is 3.21. The first-order valence-corrected chi connectivity index (χ1v) is 8.32. The minimum Gasteiger partial charge on any atom is -0.395 e. The van der Waals surface area contributed by atoms with E-state index in [4.69, 9.17) is 14.5 Å². The SMILES string of the molecule is Nc1nc(OBr)c2nc(-c3ccccc3)n(C3CCCC3)c2n1. The molecule has 2 heterocycles. The Balaban J connectivity index is 2.02. The van der Waals surface area contributed by atoms with Crippen LogP contribution in [0.15, 0.2) is 30.3 Å². The lowest BCUT2D eigenvalue weighted by molar-refractivity contribution is 0.534. The summed E-state index contributed by atoms with van der Waals surface area (Å²) in [4.78, 5) is 13.3. The van der Waals surface area contributed by atoms with Crippen molar-refractivity contribution < 1.29 is 3.83 Å². The van der Waals surface area contributed by atoms with Gasteiger partial charge in [-0.3, -0.25) is 0 Å². The van der Waals surface area contributed by atoms with E-state index in [1.54, 1.807) is 0 Å². The minimum absolute atomic E-state index is 0.186. The van der Waals surface area contributed by atoms with Gasteiger partial charge < -0.3 is 14.1 Å². The summed E-state index contributed by atoms with van der Waals surface area (Å²) < 4.78 is 7.38. The molecular weight excluding hydrogens is 358 g/mol. The summed E-state index contributed by atoms with van der Waals surface area (Å²) in [6.45, 7) is 0. The van der Waals surface area contributed by atoms with Gasteiger partial charge in [0.05, 0.1) is 0 Å². The van der Waals surface area contributed by atoms with Crippen molar-refractivity contribution in [1.82, 2.24) is 19.5 Å². The second-order valence-corrected chi connectivity index (χ2v) is 6.07. The molecule has 0 aliphatic heterocycles. The molecule has 0 radical (unpaired) electrons. The Bertz CT molecular complexity index is 843. The predicted molar refractivity (Wildman–Crippen MR) is 92.2 cm³/mol. The van der Waals surface area contributed by atoms with Crippen LogP contribution in [-0.2, 0) is 0 Å². The van der Waals surface area contributed by atoms with Gasteiger partial charge in [0.15, 0.2) is 27.4 Å². The average molecular weight is 374 g/mol. The van der Waals surface area contributed by atoms with Gasteiger partial charge in [0.1, 0.15) is 5.82 Å². The zero-order chi connectivity index (χ0) is 15.8. The molecule has 4 rings (SSSR count). The van der Waals surface area contributed by atoms with E-state index in [9.17, 15) is 0 Å². The Morgan fingerprint density at radius 2 is 1.83 bits per heavy atom. The highest BCUT2D eigenvalue weighted by atomic mass is 79.9. The van der Waals surface area contributed by atoms with Crippen molar-refractivity contribution in [2.24, 2.45) is 0 Å². The third-order valence-corrected chi connectivity index (χ3v) is 4.63. The third kappa shape index (κ3) is 2.45. The zero-order valence-corrected chi connectivity index (χ0v) is 14.0. The minimum atomic E-state index is 0.186. The quantitative estimate of drug-likeness (QED) is 0.753. The maximum Gasteiger partial charge on any atom is 0.260 e. The van der Waals surface area contributed by atoms with Gasteiger partial charge in [-0.25, -0.2) is 4.98 Å². The first kappa shape index (κ1) is 14.4. The van der Waals surface area contributed by atoms with E-state index < -0.39 is 0 Å². The molecule has 7 heteroatoms. The number of nitrogens with two attached hydrogens (primary N) is 1. The summed E-state index contributed by atoms with van der Waals surface area (Å²) in [6.07, 6.45) is 4.70. The molecule has 0 unspecified atom stereocenters. The van der Waals surface area contributed by atoms with Gasteiger partial charge in [-0.05, 0) is 12.8 Å². The molecule has 0 saturated heterocycles. The van der Waals surface area contributed by atoms with Crippen molar-refractivity contribution in [3.63, 3.8) is 0 Å². The Morgan fingerprint density at radius 1 is 1.09 bits per heavy atom. The molecule has 3 aromatic rings. The van der Waals surface area contributed by atoms with Crippen LogP contribution in [0.25, 0.3) is 22.6 Å². The molecule has 0 amide bonds. The van der Waals surface area contributed by atoms with E-state index in [1.165, 1.54) is 12.8 Å². The van der Waals surface area contributed by atoms with E-state index in [1.807, 2.05) is 18.2 Å². The molecule has 6 nitrogen and oxygen atoms in total. The van der Waals surface area contributed by atoms with Crippen LogP contribution in [0.3, 0.4) is 0 Å². The number of fused-ring (bicyclic) bond motifs is 1. The molecule has 2 N–H and O–H groups in total. The standard InChI is InChI=1S/C16H16BrN5O/c17-23-15-12-14(20-16(18)21-15)22(11-8-4-5-9-11)13(19-12)10-6-2-1-3-7-10/h1-3,6-7,11H,4-5,8-9H2,(H2,18,20,21). The molecule has 1 saturated carbocycles. The molecule has 2 aromatic heterocycles. The largest absolute Gasteiger partial charge is 0.395 e. The molecule has 0 spiro atoms. The summed E-state index contributed by atoms with van der Waals surface area (Å²) in [5.41, 5.74) is 8.26. The van der Waals surface area contributed by atoms with Crippen LogP contribution in [0, 0.1) is 0 Å². The smallest absolute Gasteiger partial charge is 0.260 e. The van der Waals surface area contributed by atoms with Gasteiger partial charge in [-0.1, -0.05) is 43.2 Å². The lowest BCUT2D eigenvalue weighted by Crippen LogP contribution is -2.08. The fourth-order valence-corrected chi connectivity index (χ4v) is 3.54. The fourth-order valence-electron chi connectivity index (χ4n) is 3.32. The molecule has 1 aliphatic rings. The number of halogens is 1. The van der Waals surface area contributed by atoms with Crippen LogP contribution in [0.5, 0.6) is 5.88 Å². The normalized spacial score (nSPS) is 15.3. The first-order valence-electron chi connectivity index (χ1n) is 7.67. The van der Waals surface area contributed by atoms with Gasteiger partial charge in [0, 0.05) is 11.6 Å². The third-order valence-electron chi connectivity index (χ3n) is 4.32. The van der Waals surface area contributed by atoms with Gasteiger partial charge in [0.25, 0.3) is 5.88 Å². The molecular formula is C16H16BrN5O. The van der Waals surface area contributed by atoms with Crippen LogP contribution < -0.4 is 9.56 Å². The molecule has 1 fully saturated rings. The Hall–Kier alpha value is -2.15.